The molecule has 0 atom stereocenters. The van der Waals surface area contributed by atoms with Crippen molar-refractivity contribution in [2.45, 2.75) is 0 Å². The molecule has 0 aliphatic carbocycles. The zero-order valence-electron chi connectivity index (χ0n) is 9.26. The van der Waals surface area contributed by atoms with Gasteiger partial charge in [-0.1, -0.05) is 6.07 Å². The van der Waals surface area contributed by atoms with Crippen LogP contribution in [0.15, 0.2) is 42.5 Å². The molecule has 0 spiro atoms. The van der Waals surface area contributed by atoms with E-state index in [-0.39, 0.29) is 11.3 Å². The van der Waals surface area contributed by atoms with E-state index in [0.29, 0.717) is 17.6 Å². The third-order valence-electron chi connectivity index (χ3n) is 2.28. The van der Waals surface area contributed by atoms with Gasteiger partial charge in [-0.2, -0.15) is 5.26 Å². The van der Waals surface area contributed by atoms with Gasteiger partial charge in [0.05, 0.1) is 11.6 Å². The molecule has 2 rings (SSSR count). The first-order valence-corrected chi connectivity index (χ1v) is 5.15. The van der Waals surface area contributed by atoms with Gasteiger partial charge >= 0.3 is 0 Å². The van der Waals surface area contributed by atoms with Crippen molar-refractivity contribution in [3.05, 3.63) is 59.4 Å². The van der Waals surface area contributed by atoms with Crippen LogP contribution >= 0.6 is 0 Å². The van der Waals surface area contributed by atoms with E-state index < -0.39 is 5.82 Å². The lowest BCUT2D eigenvalue weighted by Crippen LogP contribution is -1.90. The van der Waals surface area contributed by atoms with Crippen LogP contribution in [0, 0.1) is 17.1 Å². The van der Waals surface area contributed by atoms with Crippen LogP contribution in [0.1, 0.15) is 15.9 Å². The predicted octanol–water partition coefficient (Wildman–Crippen LogP) is 3.30. The van der Waals surface area contributed by atoms with E-state index in [4.69, 9.17) is 10.00 Å². The zero-order valence-corrected chi connectivity index (χ0v) is 9.26. The highest BCUT2D eigenvalue weighted by atomic mass is 19.1. The second kappa shape index (κ2) is 5.11. The maximum absolute atomic E-state index is 13.6. The van der Waals surface area contributed by atoms with Crippen molar-refractivity contribution in [3.8, 4) is 17.6 Å². The Balaban J connectivity index is 2.28. The zero-order chi connectivity index (χ0) is 13.0. The molecule has 2 aromatic rings. The van der Waals surface area contributed by atoms with Gasteiger partial charge in [0.2, 0.25) is 0 Å². The molecule has 0 saturated heterocycles. The normalized spacial score (nSPS) is 9.56. The summed E-state index contributed by atoms with van der Waals surface area (Å²) in [7, 11) is 0. The summed E-state index contributed by atoms with van der Waals surface area (Å²) >= 11 is 0. The molecule has 0 amide bonds. The predicted molar refractivity (Wildman–Crippen MR) is 63.0 cm³/mol. The van der Waals surface area contributed by atoms with Crippen molar-refractivity contribution in [1.82, 2.24) is 0 Å². The molecular formula is C14H8FNO2. The number of ether oxygens (including phenoxy) is 1. The second-order valence-electron chi connectivity index (χ2n) is 3.55. The van der Waals surface area contributed by atoms with Crippen LogP contribution in [0.4, 0.5) is 4.39 Å². The van der Waals surface area contributed by atoms with E-state index in [1.54, 1.807) is 18.2 Å². The Morgan fingerprint density at radius 3 is 2.72 bits per heavy atom. The van der Waals surface area contributed by atoms with Crippen LogP contribution in [-0.2, 0) is 0 Å². The molecule has 0 aliphatic rings. The molecule has 0 unspecified atom stereocenters. The van der Waals surface area contributed by atoms with Gasteiger partial charge in [0.1, 0.15) is 12.0 Å². The van der Waals surface area contributed by atoms with Gasteiger partial charge in [-0.05, 0) is 36.4 Å². The maximum Gasteiger partial charge on any atom is 0.166 e. The molecule has 0 heterocycles. The van der Waals surface area contributed by atoms with E-state index in [9.17, 15) is 9.18 Å². The summed E-state index contributed by atoms with van der Waals surface area (Å²) in [6, 6.07) is 12.3. The third-order valence-corrected chi connectivity index (χ3v) is 2.28. The summed E-state index contributed by atoms with van der Waals surface area (Å²) in [6.45, 7) is 0. The largest absolute Gasteiger partial charge is 0.454 e. The number of carbonyl (C=O) groups is 1. The van der Waals surface area contributed by atoms with E-state index in [1.165, 1.54) is 18.2 Å². The Morgan fingerprint density at radius 1 is 1.22 bits per heavy atom. The lowest BCUT2D eigenvalue weighted by atomic mass is 10.2. The lowest BCUT2D eigenvalue weighted by molar-refractivity contribution is 0.112. The van der Waals surface area contributed by atoms with Crippen LogP contribution in [0.2, 0.25) is 0 Å². The molecule has 2 aromatic carbocycles. The van der Waals surface area contributed by atoms with Crippen molar-refractivity contribution in [2.75, 3.05) is 0 Å². The minimum atomic E-state index is -0.623. The van der Waals surface area contributed by atoms with Crippen LogP contribution in [0.25, 0.3) is 0 Å². The highest BCUT2D eigenvalue weighted by Crippen LogP contribution is 2.25. The number of carbonyl (C=O) groups excluding carboxylic acids is 1. The molecule has 18 heavy (non-hydrogen) atoms. The number of aldehydes is 1. The molecule has 0 N–H and O–H groups in total. The first-order chi connectivity index (χ1) is 8.72. The minimum absolute atomic E-state index is 0.00990. The quantitative estimate of drug-likeness (QED) is 0.774. The number of nitriles is 1. The number of rotatable bonds is 3. The van der Waals surface area contributed by atoms with Gasteiger partial charge in [-0.3, -0.25) is 4.79 Å². The van der Waals surface area contributed by atoms with Gasteiger partial charge in [0, 0.05) is 5.56 Å². The first kappa shape index (κ1) is 11.8. The fourth-order valence-corrected chi connectivity index (χ4v) is 1.43. The van der Waals surface area contributed by atoms with Crippen LogP contribution in [-0.4, -0.2) is 6.29 Å². The number of hydrogen-bond acceptors (Lipinski definition) is 3. The van der Waals surface area contributed by atoms with E-state index in [1.807, 2.05) is 6.07 Å². The summed E-state index contributed by atoms with van der Waals surface area (Å²) in [6.07, 6.45) is 0.559. The summed E-state index contributed by atoms with van der Waals surface area (Å²) < 4.78 is 18.9. The molecule has 0 aromatic heterocycles. The van der Waals surface area contributed by atoms with Crippen molar-refractivity contribution < 1.29 is 13.9 Å². The standard InChI is InChI=1S/C14H8FNO2/c15-13-7-11(9-17)4-5-14(13)18-12-3-1-2-10(6-12)8-16/h1-7,9H. The minimum Gasteiger partial charge on any atom is -0.454 e. The highest BCUT2D eigenvalue weighted by Gasteiger charge is 2.06. The van der Waals surface area contributed by atoms with Crippen molar-refractivity contribution in [3.63, 3.8) is 0 Å². The van der Waals surface area contributed by atoms with E-state index in [0.717, 1.165) is 6.07 Å². The van der Waals surface area contributed by atoms with Gasteiger partial charge in [0.25, 0.3) is 0 Å². The Bertz CT molecular complexity index is 632. The van der Waals surface area contributed by atoms with Gasteiger partial charge in [-0.25, -0.2) is 4.39 Å². The number of benzene rings is 2. The molecular weight excluding hydrogens is 233 g/mol. The maximum atomic E-state index is 13.6. The molecule has 0 saturated carbocycles. The number of nitrogens with zero attached hydrogens (tertiary/aromatic N) is 1. The van der Waals surface area contributed by atoms with E-state index >= 15 is 0 Å². The van der Waals surface area contributed by atoms with Crippen molar-refractivity contribution in [1.29, 1.82) is 5.26 Å². The monoisotopic (exact) mass is 241 g/mol. The fourth-order valence-electron chi connectivity index (χ4n) is 1.43. The molecule has 0 radical (unpaired) electrons. The van der Waals surface area contributed by atoms with Crippen molar-refractivity contribution in [2.24, 2.45) is 0 Å². The fraction of sp³-hybridized carbons (Fsp3) is 0. The molecule has 0 fully saturated rings. The van der Waals surface area contributed by atoms with Crippen LogP contribution < -0.4 is 4.74 Å². The molecule has 0 aliphatic heterocycles. The average Bonchev–Trinajstić information content (AvgIpc) is 2.41. The summed E-state index contributed by atoms with van der Waals surface area (Å²) in [5.74, 6) is -0.246. The highest BCUT2D eigenvalue weighted by molar-refractivity contribution is 5.75. The Kier molecular flexibility index (Phi) is 3.35. The Hall–Kier alpha value is -2.67. The second-order valence-corrected chi connectivity index (χ2v) is 3.55. The van der Waals surface area contributed by atoms with Gasteiger partial charge < -0.3 is 4.74 Å². The van der Waals surface area contributed by atoms with Gasteiger partial charge in [0.15, 0.2) is 11.6 Å². The van der Waals surface area contributed by atoms with Crippen LogP contribution in [0.5, 0.6) is 11.5 Å². The molecule has 3 nitrogen and oxygen atoms in total. The lowest BCUT2D eigenvalue weighted by Gasteiger charge is -2.07. The topological polar surface area (TPSA) is 50.1 Å². The smallest absolute Gasteiger partial charge is 0.166 e. The summed E-state index contributed by atoms with van der Waals surface area (Å²) in [5, 5.41) is 8.73. The van der Waals surface area contributed by atoms with Gasteiger partial charge in [-0.15, -0.1) is 0 Å². The average molecular weight is 241 g/mol. The first-order valence-electron chi connectivity index (χ1n) is 5.15. The third kappa shape index (κ3) is 2.53. The molecule has 4 heteroatoms. The Labute approximate surface area is 103 Å². The summed E-state index contributed by atoms with van der Waals surface area (Å²) in [5.41, 5.74) is 0.669. The molecule has 88 valence electrons. The van der Waals surface area contributed by atoms with Crippen LogP contribution in [0.3, 0.4) is 0 Å². The number of hydrogen-bond donors (Lipinski definition) is 0. The van der Waals surface area contributed by atoms with Crippen molar-refractivity contribution >= 4 is 6.29 Å². The Morgan fingerprint density at radius 2 is 2.06 bits per heavy atom. The summed E-state index contributed by atoms with van der Waals surface area (Å²) in [4.78, 5) is 10.5. The molecule has 0 bridgehead atoms. The SMILES string of the molecule is N#Cc1cccc(Oc2ccc(C=O)cc2F)c1. The van der Waals surface area contributed by atoms with E-state index in [2.05, 4.69) is 0 Å². The number of halogens is 1.